The first kappa shape index (κ1) is 18.1. The molecule has 24 heavy (non-hydrogen) atoms. The zero-order chi connectivity index (χ0) is 17.7. The van der Waals surface area contributed by atoms with Crippen molar-refractivity contribution in [2.75, 3.05) is 5.32 Å². The molecule has 0 heterocycles. The highest BCUT2D eigenvalue weighted by molar-refractivity contribution is 6.31. The molecule has 126 valence electrons. The lowest BCUT2D eigenvalue weighted by molar-refractivity contribution is -0.137. The molecule has 1 N–H and O–H groups in total. The van der Waals surface area contributed by atoms with Crippen molar-refractivity contribution in [1.29, 1.82) is 0 Å². The zero-order valence-electron chi connectivity index (χ0n) is 12.8. The van der Waals surface area contributed by atoms with Crippen LogP contribution in [0.1, 0.15) is 28.4 Å². The summed E-state index contributed by atoms with van der Waals surface area (Å²) in [5.74, 6) is -0.241. The summed E-state index contributed by atoms with van der Waals surface area (Å²) in [6.07, 6.45) is -1.08. The van der Waals surface area contributed by atoms with E-state index in [2.05, 4.69) is 5.32 Å². The van der Waals surface area contributed by atoms with E-state index in [-0.39, 0.29) is 16.5 Å². The first-order valence-electron chi connectivity index (χ1n) is 7.24. The number of carbonyl (C=O) groups is 1. The van der Waals surface area contributed by atoms with Crippen LogP contribution in [0.15, 0.2) is 54.7 Å². The predicted octanol–water partition coefficient (Wildman–Crippen LogP) is 5.73. The maximum absolute atomic E-state index is 12.8. The minimum absolute atomic E-state index is 0.192. The number of halogens is 4. The Bertz CT molecular complexity index is 752. The number of anilines is 1. The van der Waals surface area contributed by atoms with Gasteiger partial charge >= 0.3 is 6.18 Å². The first-order chi connectivity index (χ1) is 11.3. The molecule has 2 aromatic carbocycles. The Labute approximate surface area is 142 Å². The monoisotopic (exact) mass is 353 g/mol. The lowest BCUT2D eigenvalue weighted by atomic mass is 10.1. The highest BCUT2D eigenvalue weighted by Crippen LogP contribution is 2.36. The summed E-state index contributed by atoms with van der Waals surface area (Å²) in [7, 11) is 0. The normalized spacial score (nSPS) is 11.7. The van der Waals surface area contributed by atoms with E-state index in [1.807, 2.05) is 19.1 Å². The van der Waals surface area contributed by atoms with E-state index in [1.165, 1.54) is 18.3 Å². The Hall–Kier alpha value is -2.27. The lowest BCUT2D eigenvalue weighted by Crippen LogP contribution is -2.06. The van der Waals surface area contributed by atoms with E-state index in [4.69, 9.17) is 11.6 Å². The van der Waals surface area contributed by atoms with Crippen LogP contribution in [0.5, 0.6) is 0 Å². The molecule has 0 spiro atoms. The number of benzene rings is 2. The zero-order valence-corrected chi connectivity index (χ0v) is 13.6. The molecule has 0 bridgehead atoms. The van der Waals surface area contributed by atoms with Crippen molar-refractivity contribution in [2.24, 2.45) is 0 Å². The summed E-state index contributed by atoms with van der Waals surface area (Å²) in [5.41, 5.74) is 0.896. The van der Waals surface area contributed by atoms with Crippen LogP contribution in [0.3, 0.4) is 0 Å². The molecule has 2 aromatic rings. The minimum atomic E-state index is -4.53. The fourth-order valence-corrected chi connectivity index (χ4v) is 2.27. The molecule has 0 aromatic heterocycles. The fraction of sp³-hybridized carbons (Fsp3) is 0.167. The topological polar surface area (TPSA) is 29.1 Å². The van der Waals surface area contributed by atoms with Gasteiger partial charge in [0.1, 0.15) is 0 Å². The predicted molar refractivity (Wildman–Crippen MR) is 89.4 cm³/mol. The standard InChI is InChI=1S/C18H15ClF3NO/c1-2-12-3-5-13(6-4-12)17(24)9-10-23-14-7-8-16(19)15(11-14)18(20,21)22/h3-11,23H,2H2,1H3. The lowest BCUT2D eigenvalue weighted by Gasteiger charge is -2.10. The molecule has 6 heteroatoms. The van der Waals surface area contributed by atoms with Gasteiger partial charge in [0.05, 0.1) is 10.6 Å². The highest BCUT2D eigenvalue weighted by Gasteiger charge is 2.33. The first-order valence-corrected chi connectivity index (χ1v) is 7.62. The summed E-state index contributed by atoms with van der Waals surface area (Å²) in [6, 6.07) is 10.6. The van der Waals surface area contributed by atoms with E-state index in [9.17, 15) is 18.0 Å². The molecular formula is C18H15ClF3NO. The molecule has 2 rings (SSSR count). The third kappa shape index (κ3) is 4.61. The van der Waals surface area contributed by atoms with Crippen molar-refractivity contribution in [3.8, 4) is 0 Å². The van der Waals surface area contributed by atoms with E-state index in [0.717, 1.165) is 24.1 Å². The van der Waals surface area contributed by atoms with Gasteiger partial charge in [-0.25, -0.2) is 0 Å². The van der Waals surface area contributed by atoms with Crippen molar-refractivity contribution in [3.05, 3.63) is 76.5 Å². The van der Waals surface area contributed by atoms with E-state index >= 15 is 0 Å². The molecule has 0 aliphatic rings. The maximum atomic E-state index is 12.8. The van der Waals surface area contributed by atoms with Gasteiger partial charge in [0.2, 0.25) is 0 Å². The summed E-state index contributed by atoms with van der Waals surface area (Å²) < 4.78 is 38.3. The Morgan fingerprint density at radius 1 is 1.17 bits per heavy atom. The van der Waals surface area contributed by atoms with Gasteiger partial charge in [0, 0.05) is 23.5 Å². The number of hydrogen-bond donors (Lipinski definition) is 1. The number of alkyl halides is 3. The molecule has 0 amide bonds. The van der Waals surface area contributed by atoms with Gasteiger partial charge in [0.15, 0.2) is 5.78 Å². The number of aryl methyl sites for hydroxylation is 1. The van der Waals surface area contributed by atoms with Crippen molar-refractivity contribution >= 4 is 23.1 Å². The van der Waals surface area contributed by atoms with Crippen LogP contribution in [-0.4, -0.2) is 5.78 Å². The Morgan fingerprint density at radius 3 is 2.42 bits per heavy atom. The molecule has 0 saturated carbocycles. The molecule has 0 aliphatic carbocycles. The maximum Gasteiger partial charge on any atom is 0.417 e. The molecule has 0 unspecified atom stereocenters. The molecule has 0 fully saturated rings. The van der Waals surface area contributed by atoms with Crippen LogP contribution < -0.4 is 5.32 Å². The number of rotatable bonds is 5. The third-order valence-corrected chi connectivity index (χ3v) is 3.73. The number of nitrogens with one attached hydrogen (secondary N) is 1. The van der Waals surface area contributed by atoms with Crippen LogP contribution in [0.4, 0.5) is 18.9 Å². The van der Waals surface area contributed by atoms with Crippen molar-refractivity contribution in [3.63, 3.8) is 0 Å². The van der Waals surface area contributed by atoms with Gasteiger partial charge in [-0.05, 0) is 30.2 Å². The second-order valence-electron chi connectivity index (χ2n) is 5.08. The van der Waals surface area contributed by atoms with Crippen molar-refractivity contribution < 1.29 is 18.0 Å². The highest BCUT2D eigenvalue weighted by atomic mass is 35.5. The van der Waals surface area contributed by atoms with Gasteiger partial charge in [0.25, 0.3) is 0 Å². The Morgan fingerprint density at radius 2 is 1.83 bits per heavy atom. The average Bonchev–Trinajstić information content (AvgIpc) is 2.55. The molecule has 0 saturated heterocycles. The van der Waals surface area contributed by atoms with E-state index in [0.29, 0.717) is 5.56 Å². The summed E-state index contributed by atoms with van der Waals surface area (Å²) in [5, 5.41) is 2.28. The number of carbonyl (C=O) groups excluding carboxylic acids is 1. The molecule has 0 atom stereocenters. The second kappa shape index (κ2) is 7.53. The van der Waals surface area contributed by atoms with Crippen LogP contribution in [-0.2, 0) is 12.6 Å². The largest absolute Gasteiger partial charge is 0.417 e. The van der Waals surface area contributed by atoms with E-state index in [1.54, 1.807) is 12.1 Å². The minimum Gasteiger partial charge on any atom is -0.362 e. The second-order valence-corrected chi connectivity index (χ2v) is 5.49. The van der Waals surface area contributed by atoms with Gasteiger partial charge in [-0.15, -0.1) is 0 Å². The number of hydrogen-bond acceptors (Lipinski definition) is 2. The van der Waals surface area contributed by atoms with Crippen LogP contribution in [0, 0.1) is 0 Å². The smallest absolute Gasteiger partial charge is 0.362 e. The Kier molecular flexibility index (Phi) is 5.67. The molecule has 0 radical (unpaired) electrons. The molecule has 2 nitrogen and oxygen atoms in total. The van der Waals surface area contributed by atoms with Crippen LogP contribution >= 0.6 is 11.6 Å². The third-order valence-electron chi connectivity index (χ3n) is 3.40. The van der Waals surface area contributed by atoms with E-state index < -0.39 is 11.7 Å². The Balaban J connectivity index is 2.07. The number of allylic oxidation sites excluding steroid dienone is 1. The molecule has 0 aliphatic heterocycles. The molecular weight excluding hydrogens is 339 g/mol. The summed E-state index contributed by atoms with van der Waals surface area (Å²) in [6.45, 7) is 2.02. The van der Waals surface area contributed by atoms with Gasteiger partial charge in [-0.1, -0.05) is 42.8 Å². The summed E-state index contributed by atoms with van der Waals surface area (Å²) in [4.78, 5) is 12.0. The van der Waals surface area contributed by atoms with Gasteiger partial charge in [-0.2, -0.15) is 13.2 Å². The fourth-order valence-electron chi connectivity index (χ4n) is 2.05. The number of ketones is 1. The average molecular weight is 354 g/mol. The van der Waals surface area contributed by atoms with Crippen molar-refractivity contribution in [2.45, 2.75) is 19.5 Å². The van der Waals surface area contributed by atoms with Gasteiger partial charge in [-0.3, -0.25) is 4.79 Å². The van der Waals surface area contributed by atoms with Gasteiger partial charge < -0.3 is 5.32 Å². The summed E-state index contributed by atoms with van der Waals surface area (Å²) >= 11 is 5.55. The van der Waals surface area contributed by atoms with Crippen molar-refractivity contribution in [1.82, 2.24) is 0 Å². The van der Waals surface area contributed by atoms with Crippen LogP contribution in [0.25, 0.3) is 0 Å². The quantitative estimate of drug-likeness (QED) is 0.549. The SMILES string of the molecule is CCc1ccc(C(=O)C=CNc2ccc(Cl)c(C(F)(F)F)c2)cc1. The van der Waals surface area contributed by atoms with Crippen LogP contribution in [0.2, 0.25) is 5.02 Å².